The van der Waals surface area contributed by atoms with Crippen molar-refractivity contribution >= 4 is 5.91 Å². The Bertz CT molecular complexity index is 869. The molecule has 2 saturated heterocycles. The average molecular weight is 417 g/mol. The van der Waals surface area contributed by atoms with Crippen molar-refractivity contribution < 1.29 is 13.9 Å². The quantitative estimate of drug-likeness (QED) is 0.683. The van der Waals surface area contributed by atoms with Crippen LogP contribution in [0.5, 0.6) is 0 Å². The minimum atomic E-state index is -0.399. The van der Waals surface area contributed by atoms with Gasteiger partial charge in [0.25, 0.3) is 0 Å². The number of halogens is 1. The van der Waals surface area contributed by atoms with Gasteiger partial charge in [-0.05, 0) is 66.9 Å². The third-order valence-electron chi connectivity index (χ3n) is 6.23. The van der Waals surface area contributed by atoms with Crippen LogP contribution in [0.2, 0.25) is 0 Å². The molecule has 1 aromatic heterocycles. The Morgan fingerprint density at radius 3 is 2.83 bits per heavy atom. The summed E-state index contributed by atoms with van der Waals surface area (Å²) in [5, 5.41) is 12.6. The lowest BCUT2D eigenvalue weighted by Gasteiger charge is -2.47. The molecule has 2 aliphatic rings. The number of amides is 1. The van der Waals surface area contributed by atoms with Crippen molar-refractivity contribution in [3.63, 3.8) is 0 Å². The predicted octanol–water partition coefficient (Wildman–Crippen LogP) is 1.61. The summed E-state index contributed by atoms with van der Waals surface area (Å²) in [6, 6.07) is 6.27. The van der Waals surface area contributed by atoms with E-state index in [4.69, 9.17) is 4.74 Å². The van der Waals surface area contributed by atoms with Gasteiger partial charge in [0.05, 0.1) is 19.6 Å². The van der Waals surface area contributed by atoms with E-state index in [1.807, 2.05) is 9.58 Å². The van der Waals surface area contributed by atoms with E-state index in [0.717, 1.165) is 44.6 Å². The molecule has 0 saturated carbocycles. The number of nitrogens with zero attached hydrogens (tertiary/aromatic N) is 6. The van der Waals surface area contributed by atoms with Crippen LogP contribution in [0, 0.1) is 5.82 Å². The van der Waals surface area contributed by atoms with Crippen LogP contribution >= 0.6 is 0 Å². The predicted molar refractivity (Wildman–Crippen MR) is 108 cm³/mol. The molecular weight excluding hydrogens is 387 g/mol. The fourth-order valence-electron chi connectivity index (χ4n) is 4.78. The summed E-state index contributed by atoms with van der Waals surface area (Å²) in [5.74, 6) is 0.507. The number of likely N-dealkylation sites (tertiary alicyclic amines) is 2. The van der Waals surface area contributed by atoms with Gasteiger partial charge in [0.2, 0.25) is 5.91 Å². The molecule has 2 aliphatic heterocycles. The lowest BCUT2D eigenvalue weighted by atomic mass is 9.85. The average Bonchev–Trinajstić information content (AvgIpc) is 3.45. The van der Waals surface area contributed by atoms with Crippen molar-refractivity contribution in [3.8, 4) is 0 Å². The van der Waals surface area contributed by atoms with Crippen LogP contribution in [0.25, 0.3) is 0 Å². The summed E-state index contributed by atoms with van der Waals surface area (Å²) in [7, 11) is 1.66. The number of methoxy groups -OCH3 is 1. The van der Waals surface area contributed by atoms with Gasteiger partial charge in [-0.25, -0.2) is 9.07 Å². The molecule has 0 bridgehead atoms. The summed E-state index contributed by atoms with van der Waals surface area (Å²) in [5.41, 5.74) is 0.297. The molecule has 2 aromatic rings. The highest BCUT2D eigenvalue weighted by Gasteiger charge is 2.47. The number of hydrogen-bond acceptors (Lipinski definition) is 6. The second kappa shape index (κ2) is 9.18. The maximum atomic E-state index is 13.6. The number of carbonyl (C=O) groups excluding carboxylic acids is 1. The van der Waals surface area contributed by atoms with Crippen molar-refractivity contribution in [3.05, 3.63) is 41.5 Å². The molecule has 162 valence electrons. The Balaban J connectivity index is 1.59. The summed E-state index contributed by atoms with van der Waals surface area (Å²) in [6.45, 7) is 4.30. The van der Waals surface area contributed by atoms with Gasteiger partial charge >= 0.3 is 0 Å². The smallest absolute Gasteiger partial charge is 0.227 e. The molecule has 0 radical (unpaired) electrons. The fraction of sp³-hybridized carbons (Fsp3) is 0.619. The molecule has 0 N–H and O–H groups in total. The van der Waals surface area contributed by atoms with E-state index in [0.29, 0.717) is 31.8 Å². The monoisotopic (exact) mass is 416 g/mol. The molecule has 1 atom stereocenters. The fourth-order valence-corrected chi connectivity index (χ4v) is 4.78. The number of ether oxygens (including phenoxy) is 1. The van der Waals surface area contributed by atoms with Gasteiger partial charge in [0.15, 0.2) is 5.82 Å². The molecule has 9 heteroatoms. The van der Waals surface area contributed by atoms with Crippen LogP contribution < -0.4 is 0 Å². The van der Waals surface area contributed by atoms with Gasteiger partial charge in [-0.15, -0.1) is 5.10 Å². The van der Waals surface area contributed by atoms with Crippen LogP contribution in [0.15, 0.2) is 24.3 Å². The first kappa shape index (κ1) is 20.9. The Hall–Kier alpha value is -2.39. The second-order valence-corrected chi connectivity index (χ2v) is 8.17. The third-order valence-corrected chi connectivity index (χ3v) is 6.23. The lowest BCUT2D eigenvalue weighted by Crippen LogP contribution is -2.58. The number of hydrogen-bond donors (Lipinski definition) is 0. The highest BCUT2D eigenvalue weighted by atomic mass is 19.1. The first-order chi connectivity index (χ1) is 14.6. The molecule has 2 fully saturated rings. The second-order valence-electron chi connectivity index (χ2n) is 8.17. The molecule has 1 unspecified atom stereocenters. The first-order valence-electron chi connectivity index (χ1n) is 10.7. The molecule has 0 aliphatic carbocycles. The SMILES string of the molecule is COCCn1nnnc1C1(N2CCCC2)CCCN(C(=O)Cc2cccc(F)c2)C1. The van der Waals surface area contributed by atoms with Crippen LogP contribution in [0.4, 0.5) is 4.39 Å². The normalized spacial score (nSPS) is 22.5. The van der Waals surface area contributed by atoms with Gasteiger partial charge < -0.3 is 9.64 Å². The molecule has 1 aromatic carbocycles. The zero-order chi connectivity index (χ0) is 21.0. The Morgan fingerprint density at radius 2 is 2.07 bits per heavy atom. The van der Waals surface area contributed by atoms with Crippen molar-refractivity contribution in [2.45, 2.75) is 44.2 Å². The minimum Gasteiger partial charge on any atom is -0.383 e. The molecule has 4 rings (SSSR count). The van der Waals surface area contributed by atoms with Crippen LogP contribution in [0.3, 0.4) is 0 Å². The number of rotatable bonds is 7. The van der Waals surface area contributed by atoms with Crippen LogP contribution in [0.1, 0.15) is 37.1 Å². The zero-order valence-corrected chi connectivity index (χ0v) is 17.5. The van der Waals surface area contributed by atoms with Crippen molar-refractivity contribution in [1.82, 2.24) is 30.0 Å². The Labute approximate surface area is 176 Å². The van der Waals surface area contributed by atoms with Gasteiger partial charge in [-0.2, -0.15) is 0 Å². The summed E-state index contributed by atoms with van der Waals surface area (Å²) in [4.78, 5) is 17.5. The van der Waals surface area contributed by atoms with Gasteiger partial charge in [-0.1, -0.05) is 12.1 Å². The minimum absolute atomic E-state index is 0.0137. The number of benzene rings is 1. The van der Waals surface area contributed by atoms with Gasteiger partial charge in [0, 0.05) is 20.2 Å². The molecule has 0 spiro atoms. The van der Waals surface area contributed by atoms with E-state index >= 15 is 0 Å². The summed E-state index contributed by atoms with van der Waals surface area (Å²) in [6.07, 6.45) is 4.26. The summed E-state index contributed by atoms with van der Waals surface area (Å²) >= 11 is 0. The maximum Gasteiger partial charge on any atom is 0.227 e. The first-order valence-corrected chi connectivity index (χ1v) is 10.7. The maximum absolute atomic E-state index is 13.6. The topological polar surface area (TPSA) is 76.4 Å². The molecule has 3 heterocycles. The number of tetrazole rings is 1. The van der Waals surface area contributed by atoms with Gasteiger partial charge in [-0.3, -0.25) is 9.69 Å². The molecule has 1 amide bonds. The Kier molecular flexibility index (Phi) is 6.38. The zero-order valence-electron chi connectivity index (χ0n) is 17.5. The largest absolute Gasteiger partial charge is 0.383 e. The number of aromatic nitrogens is 4. The summed E-state index contributed by atoms with van der Waals surface area (Å²) < 4.78 is 20.6. The van der Waals surface area contributed by atoms with Crippen molar-refractivity contribution in [2.24, 2.45) is 0 Å². The van der Waals surface area contributed by atoms with Crippen molar-refractivity contribution in [2.75, 3.05) is 39.9 Å². The van der Waals surface area contributed by atoms with Crippen molar-refractivity contribution in [1.29, 1.82) is 0 Å². The van der Waals surface area contributed by atoms with Crippen LogP contribution in [-0.2, 0) is 28.0 Å². The highest BCUT2D eigenvalue weighted by molar-refractivity contribution is 5.79. The van der Waals surface area contributed by atoms with Crippen LogP contribution in [-0.4, -0.2) is 75.8 Å². The number of carbonyl (C=O) groups is 1. The number of piperidine rings is 1. The third kappa shape index (κ3) is 4.22. The molecule has 30 heavy (non-hydrogen) atoms. The van der Waals surface area contributed by atoms with E-state index in [9.17, 15) is 9.18 Å². The Morgan fingerprint density at radius 1 is 1.23 bits per heavy atom. The van der Waals surface area contributed by atoms with Gasteiger partial charge in [0.1, 0.15) is 11.4 Å². The van der Waals surface area contributed by atoms with E-state index < -0.39 is 5.54 Å². The van der Waals surface area contributed by atoms with E-state index in [1.54, 1.807) is 19.2 Å². The molecule has 8 nitrogen and oxygen atoms in total. The molecular formula is C21H29FN6O2. The highest BCUT2D eigenvalue weighted by Crippen LogP contribution is 2.38. The standard InChI is InChI=1S/C21H29FN6O2/c1-30-13-12-28-20(23-24-25-28)21(27-10-2-3-11-27)8-5-9-26(16-21)19(29)15-17-6-4-7-18(22)14-17/h4,6-7,14H,2-3,5,8-13,15-16H2,1H3. The van der Waals surface area contributed by atoms with E-state index in [1.165, 1.54) is 12.1 Å². The van der Waals surface area contributed by atoms with E-state index in [2.05, 4.69) is 20.4 Å². The van der Waals surface area contributed by atoms with E-state index in [-0.39, 0.29) is 18.1 Å². The lowest BCUT2D eigenvalue weighted by molar-refractivity contribution is -0.135.